The maximum atomic E-state index is 11.3. The van der Waals surface area contributed by atoms with Gasteiger partial charge in [0.25, 0.3) is 0 Å². The van der Waals surface area contributed by atoms with Gasteiger partial charge in [-0.1, -0.05) is 11.6 Å². The molecule has 0 fully saturated rings. The van der Waals surface area contributed by atoms with Crippen LogP contribution >= 0.6 is 11.6 Å². The van der Waals surface area contributed by atoms with Crippen molar-refractivity contribution < 1.29 is 9.53 Å². The smallest absolute Gasteiger partial charge is 0.217 e. The molecular weight excluding hydrogens is 342 g/mol. The molecule has 0 spiro atoms. The molecule has 0 bridgehead atoms. The van der Waals surface area contributed by atoms with Crippen molar-refractivity contribution in [2.75, 3.05) is 7.11 Å². The Hall–Kier alpha value is -2.93. The Kier molecular flexibility index (Phi) is 4.95. The molecule has 0 aliphatic heterocycles. The second kappa shape index (κ2) is 7.31. The van der Waals surface area contributed by atoms with Crippen molar-refractivity contribution in [1.29, 1.82) is 0 Å². The maximum Gasteiger partial charge on any atom is 0.217 e. The van der Waals surface area contributed by atoms with Crippen LogP contribution in [0.2, 0.25) is 5.02 Å². The molecule has 0 unspecified atom stereocenters. The number of hydrogen-bond donors (Lipinski definition) is 1. The molecule has 0 saturated heterocycles. The van der Waals surface area contributed by atoms with Crippen molar-refractivity contribution in [3.8, 4) is 22.8 Å². The lowest BCUT2D eigenvalue weighted by atomic mass is 10.2. The first-order valence-electron chi connectivity index (χ1n) is 7.53. The molecule has 25 heavy (non-hydrogen) atoms. The molecule has 3 aromatic rings. The summed E-state index contributed by atoms with van der Waals surface area (Å²) < 4.78 is 7.03. The van der Waals surface area contributed by atoms with Crippen LogP contribution in [0.5, 0.6) is 5.75 Å². The molecule has 0 aliphatic rings. The number of carbonyl (C=O) groups excluding carboxylic acids is 1. The Morgan fingerprint density at radius 2 is 2.04 bits per heavy atom. The van der Waals surface area contributed by atoms with E-state index in [2.05, 4.69) is 20.4 Å². The number of amides is 1. The molecular formula is C17H16ClN5O2. The predicted molar refractivity (Wildman–Crippen MR) is 93.7 cm³/mol. The molecule has 8 heteroatoms. The van der Waals surface area contributed by atoms with Crippen molar-refractivity contribution in [3.05, 3.63) is 53.6 Å². The predicted octanol–water partition coefficient (Wildman–Crippen LogP) is 2.63. The number of rotatable bonds is 5. The van der Waals surface area contributed by atoms with Crippen molar-refractivity contribution in [3.63, 3.8) is 0 Å². The SMILES string of the molecule is COc1ccc(Cl)cc1-n1nc(-c2ccncc2)nc1CNC(C)=O. The number of ether oxygens (including phenoxy) is 1. The number of carbonyl (C=O) groups is 1. The van der Waals surface area contributed by atoms with Crippen LogP contribution in [0.1, 0.15) is 12.7 Å². The van der Waals surface area contributed by atoms with Gasteiger partial charge in [-0.2, -0.15) is 0 Å². The first-order chi connectivity index (χ1) is 12.1. The van der Waals surface area contributed by atoms with Crippen LogP contribution < -0.4 is 10.1 Å². The third kappa shape index (κ3) is 3.77. The first-order valence-corrected chi connectivity index (χ1v) is 7.91. The Bertz CT molecular complexity index is 895. The fourth-order valence-corrected chi connectivity index (χ4v) is 2.47. The lowest BCUT2D eigenvalue weighted by molar-refractivity contribution is -0.119. The summed E-state index contributed by atoms with van der Waals surface area (Å²) >= 11 is 6.13. The van der Waals surface area contributed by atoms with Gasteiger partial charge in [0, 0.05) is 29.9 Å². The average Bonchev–Trinajstić information content (AvgIpc) is 3.05. The zero-order valence-electron chi connectivity index (χ0n) is 13.7. The van der Waals surface area contributed by atoms with E-state index >= 15 is 0 Å². The van der Waals surface area contributed by atoms with Gasteiger partial charge in [-0.15, -0.1) is 5.10 Å². The molecule has 128 valence electrons. The van der Waals surface area contributed by atoms with E-state index in [9.17, 15) is 4.79 Å². The molecule has 1 aromatic carbocycles. The molecule has 0 saturated carbocycles. The monoisotopic (exact) mass is 357 g/mol. The third-order valence-corrected chi connectivity index (χ3v) is 3.71. The van der Waals surface area contributed by atoms with E-state index in [0.29, 0.717) is 28.1 Å². The zero-order chi connectivity index (χ0) is 17.8. The van der Waals surface area contributed by atoms with Gasteiger partial charge < -0.3 is 10.1 Å². The van der Waals surface area contributed by atoms with Gasteiger partial charge in [-0.25, -0.2) is 9.67 Å². The Balaban J connectivity index is 2.12. The summed E-state index contributed by atoms with van der Waals surface area (Å²) in [6, 6.07) is 8.86. The number of nitrogens with one attached hydrogen (secondary N) is 1. The summed E-state index contributed by atoms with van der Waals surface area (Å²) in [6.45, 7) is 1.67. The van der Waals surface area contributed by atoms with E-state index in [-0.39, 0.29) is 12.5 Å². The van der Waals surface area contributed by atoms with Crippen LogP contribution in [0.3, 0.4) is 0 Å². The van der Waals surface area contributed by atoms with Gasteiger partial charge in [-0.3, -0.25) is 9.78 Å². The minimum absolute atomic E-state index is 0.155. The highest BCUT2D eigenvalue weighted by Crippen LogP contribution is 2.28. The Morgan fingerprint density at radius 1 is 1.28 bits per heavy atom. The number of benzene rings is 1. The number of pyridine rings is 1. The van der Waals surface area contributed by atoms with Gasteiger partial charge in [0.1, 0.15) is 11.4 Å². The zero-order valence-corrected chi connectivity index (χ0v) is 14.5. The fraction of sp³-hybridized carbons (Fsp3) is 0.176. The molecule has 7 nitrogen and oxygen atoms in total. The minimum Gasteiger partial charge on any atom is -0.494 e. The number of methoxy groups -OCH3 is 1. The summed E-state index contributed by atoms with van der Waals surface area (Å²) in [7, 11) is 1.57. The molecule has 0 aliphatic carbocycles. The first kappa shape index (κ1) is 16.9. The standard InChI is InChI=1S/C17H16ClN5O2/c1-11(24)20-10-16-21-17(12-5-7-19-8-6-12)22-23(16)14-9-13(18)3-4-15(14)25-2/h3-9H,10H2,1-2H3,(H,20,24). The summed E-state index contributed by atoms with van der Waals surface area (Å²) in [4.78, 5) is 19.8. The van der Waals surface area contributed by atoms with Crippen molar-refractivity contribution in [1.82, 2.24) is 25.1 Å². The van der Waals surface area contributed by atoms with E-state index in [1.54, 1.807) is 42.4 Å². The van der Waals surface area contributed by atoms with Crippen molar-refractivity contribution in [2.45, 2.75) is 13.5 Å². The second-order valence-corrected chi connectivity index (χ2v) is 5.66. The minimum atomic E-state index is -0.155. The highest BCUT2D eigenvalue weighted by atomic mass is 35.5. The van der Waals surface area contributed by atoms with E-state index in [0.717, 1.165) is 5.56 Å². The largest absolute Gasteiger partial charge is 0.494 e. The Labute approximate surface area is 149 Å². The summed E-state index contributed by atoms with van der Waals surface area (Å²) in [5, 5.41) is 7.85. The lowest BCUT2D eigenvalue weighted by Gasteiger charge is -2.11. The normalized spacial score (nSPS) is 10.5. The summed E-state index contributed by atoms with van der Waals surface area (Å²) in [6.07, 6.45) is 3.34. The van der Waals surface area contributed by atoms with Gasteiger partial charge in [0.05, 0.1) is 13.7 Å². The van der Waals surface area contributed by atoms with Gasteiger partial charge >= 0.3 is 0 Å². The second-order valence-electron chi connectivity index (χ2n) is 5.23. The third-order valence-electron chi connectivity index (χ3n) is 3.48. The molecule has 0 radical (unpaired) electrons. The fourth-order valence-electron chi connectivity index (χ4n) is 2.31. The number of aromatic nitrogens is 4. The quantitative estimate of drug-likeness (QED) is 0.759. The lowest BCUT2D eigenvalue weighted by Crippen LogP contribution is -2.21. The van der Waals surface area contributed by atoms with Crippen LogP contribution in [0.25, 0.3) is 17.1 Å². The van der Waals surface area contributed by atoms with E-state index in [1.165, 1.54) is 6.92 Å². The van der Waals surface area contributed by atoms with Crippen molar-refractivity contribution in [2.24, 2.45) is 0 Å². The number of halogens is 1. The highest BCUT2D eigenvalue weighted by molar-refractivity contribution is 6.30. The van der Waals surface area contributed by atoms with Crippen LogP contribution in [0.4, 0.5) is 0 Å². The Morgan fingerprint density at radius 3 is 2.72 bits per heavy atom. The van der Waals surface area contributed by atoms with Crippen molar-refractivity contribution >= 4 is 17.5 Å². The average molecular weight is 358 g/mol. The van der Waals surface area contributed by atoms with E-state index < -0.39 is 0 Å². The molecule has 2 aromatic heterocycles. The van der Waals surface area contributed by atoms with Gasteiger partial charge in [-0.05, 0) is 30.3 Å². The maximum absolute atomic E-state index is 11.3. The molecule has 1 N–H and O–H groups in total. The molecule has 0 atom stereocenters. The molecule has 2 heterocycles. The van der Waals surface area contributed by atoms with E-state index in [4.69, 9.17) is 16.3 Å². The highest BCUT2D eigenvalue weighted by Gasteiger charge is 2.17. The van der Waals surface area contributed by atoms with Gasteiger partial charge in [0.2, 0.25) is 5.91 Å². The van der Waals surface area contributed by atoms with Crippen LogP contribution in [-0.2, 0) is 11.3 Å². The molecule has 1 amide bonds. The number of nitrogens with zero attached hydrogens (tertiary/aromatic N) is 4. The van der Waals surface area contributed by atoms with Crippen LogP contribution in [0.15, 0.2) is 42.7 Å². The molecule has 3 rings (SSSR count). The van der Waals surface area contributed by atoms with Crippen LogP contribution in [0, 0.1) is 0 Å². The topological polar surface area (TPSA) is 81.9 Å². The van der Waals surface area contributed by atoms with E-state index in [1.807, 2.05) is 12.1 Å². The van der Waals surface area contributed by atoms with Gasteiger partial charge in [0.15, 0.2) is 11.6 Å². The summed E-state index contributed by atoms with van der Waals surface area (Å²) in [5.41, 5.74) is 1.46. The number of hydrogen-bond acceptors (Lipinski definition) is 5. The summed E-state index contributed by atoms with van der Waals surface area (Å²) in [5.74, 6) is 1.52. The van der Waals surface area contributed by atoms with Crippen LogP contribution in [-0.4, -0.2) is 32.8 Å².